The molecule has 3 aromatic rings. The molecule has 10 heteroatoms. The summed E-state index contributed by atoms with van der Waals surface area (Å²) >= 11 is 1.19. The van der Waals surface area contributed by atoms with E-state index in [4.69, 9.17) is 4.42 Å². The van der Waals surface area contributed by atoms with Crippen molar-refractivity contribution in [2.24, 2.45) is 0 Å². The summed E-state index contributed by atoms with van der Waals surface area (Å²) < 4.78 is 30.7. The molecule has 1 aliphatic heterocycles. The average molecular weight is 476 g/mol. The van der Waals surface area contributed by atoms with Gasteiger partial charge in [0, 0.05) is 12.6 Å². The minimum absolute atomic E-state index is 0.0147. The third kappa shape index (κ3) is 4.91. The third-order valence-corrected chi connectivity index (χ3v) is 8.19. The van der Waals surface area contributed by atoms with Crippen LogP contribution >= 0.6 is 11.8 Å². The van der Waals surface area contributed by atoms with Gasteiger partial charge in [0.1, 0.15) is 5.76 Å². The van der Waals surface area contributed by atoms with Crippen molar-refractivity contribution in [1.82, 2.24) is 14.5 Å². The molecule has 0 N–H and O–H groups in total. The van der Waals surface area contributed by atoms with Crippen molar-refractivity contribution >= 4 is 38.4 Å². The fraction of sp³-hybridized carbons (Fsp3) is 0.409. The van der Waals surface area contributed by atoms with Gasteiger partial charge >= 0.3 is 0 Å². The van der Waals surface area contributed by atoms with Crippen LogP contribution < -0.4 is 5.56 Å². The van der Waals surface area contributed by atoms with Gasteiger partial charge < -0.3 is 9.32 Å². The van der Waals surface area contributed by atoms with E-state index in [0.717, 1.165) is 6.42 Å². The third-order valence-electron chi connectivity index (χ3n) is 5.48. The first-order valence-electron chi connectivity index (χ1n) is 10.5. The molecule has 1 unspecified atom stereocenters. The van der Waals surface area contributed by atoms with Crippen LogP contribution in [-0.2, 0) is 21.2 Å². The Hall–Kier alpha value is -2.59. The van der Waals surface area contributed by atoms with Gasteiger partial charge in [0.15, 0.2) is 15.0 Å². The van der Waals surface area contributed by atoms with Crippen LogP contribution in [0, 0.1) is 0 Å². The highest BCUT2D eigenvalue weighted by Crippen LogP contribution is 2.23. The van der Waals surface area contributed by atoms with Gasteiger partial charge in [-0.05, 0) is 37.1 Å². The molecule has 0 saturated carbocycles. The second kappa shape index (κ2) is 9.50. The van der Waals surface area contributed by atoms with E-state index in [1.54, 1.807) is 41.5 Å². The Labute approximate surface area is 190 Å². The minimum atomic E-state index is -3.09. The molecule has 1 atom stereocenters. The standard InChI is InChI=1S/C22H25N3O5S2/c1-2-10-24(16-9-12-32(28,29)15-16)20(26)14-31-22-23-19-8-4-3-7-18(19)21(27)25(22)13-17-6-5-11-30-17/h3-8,11,16H,2,9-10,12-15H2,1H3. The largest absolute Gasteiger partial charge is 0.467 e. The number of fused-ring (bicyclic) bond motifs is 1. The average Bonchev–Trinajstić information content (AvgIpc) is 3.41. The van der Waals surface area contributed by atoms with E-state index < -0.39 is 9.84 Å². The molecule has 1 aliphatic rings. The van der Waals surface area contributed by atoms with Gasteiger partial charge in [-0.1, -0.05) is 30.8 Å². The first kappa shape index (κ1) is 22.6. The second-order valence-electron chi connectivity index (χ2n) is 7.81. The van der Waals surface area contributed by atoms with Gasteiger partial charge in [0.2, 0.25) is 5.91 Å². The molecule has 1 saturated heterocycles. The number of carbonyl (C=O) groups is 1. The molecular formula is C22H25N3O5S2. The lowest BCUT2D eigenvalue weighted by atomic mass is 10.2. The van der Waals surface area contributed by atoms with E-state index in [-0.39, 0.29) is 41.3 Å². The topological polar surface area (TPSA) is 102 Å². The van der Waals surface area contributed by atoms with Gasteiger partial charge in [0.25, 0.3) is 5.56 Å². The Morgan fingerprint density at radius 1 is 1.28 bits per heavy atom. The molecule has 3 heterocycles. The van der Waals surface area contributed by atoms with Gasteiger partial charge in [-0.2, -0.15) is 0 Å². The predicted molar refractivity (Wildman–Crippen MR) is 124 cm³/mol. The summed E-state index contributed by atoms with van der Waals surface area (Å²) in [6, 6.07) is 10.3. The van der Waals surface area contributed by atoms with Crippen LogP contribution in [0.3, 0.4) is 0 Å². The molecule has 1 amide bonds. The summed E-state index contributed by atoms with van der Waals surface area (Å²) in [5, 5.41) is 0.924. The molecule has 170 valence electrons. The predicted octanol–water partition coefficient (Wildman–Crippen LogP) is 2.56. The highest BCUT2D eigenvalue weighted by atomic mass is 32.2. The van der Waals surface area contributed by atoms with Crippen molar-refractivity contribution in [3.8, 4) is 0 Å². The molecule has 1 aromatic carbocycles. The van der Waals surface area contributed by atoms with E-state index in [9.17, 15) is 18.0 Å². The number of furan rings is 1. The molecule has 4 rings (SSSR count). The molecule has 2 aromatic heterocycles. The van der Waals surface area contributed by atoms with E-state index >= 15 is 0 Å². The van der Waals surface area contributed by atoms with Crippen LogP contribution in [0.25, 0.3) is 10.9 Å². The van der Waals surface area contributed by atoms with Crippen molar-refractivity contribution in [3.05, 3.63) is 58.8 Å². The zero-order chi connectivity index (χ0) is 22.7. The van der Waals surface area contributed by atoms with Crippen LogP contribution in [0.1, 0.15) is 25.5 Å². The molecule has 1 fully saturated rings. The summed E-state index contributed by atoms with van der Waals surface area (Å²) in [6.45, 7) is 2.67. The van der Waals surface area contributed by atoms with Gasteiger partial charge in [-0.3, -0.25) is 14.2 Å². The lowest BCUT2D eigenvalue weighted by molar-refractivity contribution is -0.130. The molecule has 32 heavy (non-hydrogen) atoms. The molecule has 0 radical (unpaired) electrons. The Morgan fingerprint density at radius 2 is 2.09 bits per heavy atom. The quantitative estimate of drug-likeness (QED) is 0.364. The highest BCUT2D eigenvalue weighted by Gasteiger charge is 2.34. The number of amides is 1. The van der Waals surface area contributed by atoms with Crippen molar-refractivity contribution in [1.29, 1.82) is 0 Å². The monoisotopic (exact) mass is 475 g/mol. The summed E-state index contributed by atoms with van der Waals surface area (Å²) in [6.07, 6.45) is 2.75. The Morgan fingerprint density at radius 3 is 2.78 bits per heavy atom. The van der Waals surface area contributed by atoms with Gasteiger partial charge in [0.05, 0.1) is 41.0 Å². The van der Waals surface area contributed by atoms with Crippen molar-refractivity contribution in [2.75, 3.05) is 23.8 Å². The van der Waals surface area contributed by atoms with Gasteiger partial charge in [-0.15, -0.1) is 0 Å². The fourth-order valence-corrected chi connectivity index (χ4v) is 6.55. The molecule has 0 bridgehead atoms. The molecule has 0 aliphatic carbocycles. The van der Waals surface area contributed by atoms with Crippen molar-refractivity contribution in [3.63, 3.8) is 0 Å². The number of rotatable bonds is 8. The first-order chi connectivity index (χ1) is 15.4. The zero-order valence-electron chi connectivity index (χ0n) is 17.8. The maximum atomic E-state index is 13.1. The summed E-state index contributed by atoms with van der Waals surface area (Å²) in [7, 11) is -3.09. The summed E-state index contributed by atoms with van der Waals surface area (Å²) in [5.41, 5.74) is 0.365. The second-order valence-corrected chi connectivity index (χ2v) is 11.0. The fourth-order valence-electron chi connectivity index (χ4n) is 3.94. The maximum Gasteiger partial charge on any atom is 0.262 e. The lowest BCUT2D eigenvalue weighted by Crippen LogP contribution is -2.42. The van der Waals surface area contributed by atoms with Crippen LogP contribution in [0.4, 0.5) is 0 Å². The Bertz CT molecular complexity index is 1270. The summed E-state index contributed by atoms with van der Waals surface area (Å²) in [4.78, 5) is 32.5. The van der Waals surface area contributed by atoms with Gasteiger partial charge in [-0.25, -0.2) is 13.4 Å². The maximum absolute atomic E-state index is 13.1. The highest BCUT2D eigenvalue weighted by molar-refractivity contribution is 7.99. The molecule has 0 spiro atoms. The summed E-state index contributed by atoms with van der Waals surface area (Å²) in [5.74, 6) is 0.667. The van der Waals surface area contributed by atoms with Crippen LogP contribution in [0.2, 0.25) is 0 Å². The minimum Gasteiger partial charge on any atom is -0.467 e. The number of hydrogen-bond donors (Lipinski definition) is 0. The smallest absolute Gasteiger partial charge is 0.262 e. The number of nitrogens with zero attached hydrogens (tertiary/aromatic N) is 3. The number of benzene rings is 1. The molecule has 8 nitrogen and oxygen atoms in total. The van der Waals surface area contributed by atoms with Crippen LogP contribution in [0.15, 0.2) is 57.0 Å². The number of sulfone groups is 1. The number of para-hydroxylation sites is 1. The van der Waals surface area contributed by atoms with Crippen molar-refractivity contribution < 1.29 is 17.6 Å². The van der Waals surface area contributed by atoms with Crippen LogP contribution in [0.5, 0.6) is 0 Å². The number of thioether (sulfide) groups is 1. The number of carbonyl (C=O) groups excluding carboxylic acids is 1. The van der Waals surface area contributed by atoms with Crippen molar-refractivity contribution in [2.45, 2.75) is 37.5 Å². The first-order valence-corrected chi connectivity index (χ1v) is 13.3. The Balaban J connectivity index is 1.60. The van der Waals surface area contributed by atoms with E-state index in [1.165, 1.54) is 16.3 Å². The zero-order valence-corrected chi connectivity index (χ0v) is 19.4. The van der Waals surface area contributed by atoms with E-state index in [0.29, 0.717) is 34.8 Å². The number of aromatic nitrogens is 2. The van der Waals surface area contributed by atoms with E-state index in [1.807, 2.05) is 13.0 Å². The number of hydrogen-bond acceptors (Lipinski definition) is 7. The molecular weight excluding hydrogens is 450 g/mol. The van der Waals surface area contributed by atoms with E-state index in [2.05, 4.69) is 4.98 Å². The van der Waals surface area contributed by atoms with Crippen LogP contribution in [-0.4, -0.2) is 58.6 Å². The SMILES string of the molecule is CCCN(C(=O)CSc1nc2ccccc2c(=O)n1Cc1ccco1)C1CCS(=O)(=O)C1. The lowest BCUT2D eigenvalue weighted by Gasteiger charge is -2.28. The Kier molecular flexibility index (Phi) is 6.71. The normalized spacial score (nSPS) is 17.6.